The molecule has 0 aliphatic heterocycles. The van der Waals surface area contributed by atoms with Crippen LogP contribution in [0.15, 0.2) is 54.6 Å². The van der Waals surface area contributed by atoms with E-state index in [1.54, 1.807) is 18.2 Å². The fourth-order valence-corrected chi connectivity index (χ4v) is 3.62. The third-order valence-corrected chi connectivity index (χ3v) is 4.92. The number of thiophene rings is 1. The van der Waals surface area contributed by atoms with Crippen LogP contribution in [0.25, 0.3) is 10.1 Å². The first-order chi connectivity index (χ1) is 11.1. The summed E-state index contributed by atoms with van der Waals surface area (Å²) in [6, 6.07) is 18.7. The first kappa shape index (κ1) is 15.4. The third kappa shape index (κ3) is 3.02. The Bertz CT molecular complexity index is 874. The Hall–Kier alpha value is -2.48. The second-order valence-corrected chi connectivity index (χ2v) is 6.56. The van der Waals surface area contributed by atoms with Crippen LogP contribution in [0.1, 0.15) is 26.9 Å². The number of Topliss-reactive ketones (excluding diaryl/α,β-unsaturated/α-hetero) is 1. The molecule has 0 fully saturated rings. The lowest BCUT2D eigenvalue weighted by Crippen LogP contribution is -2.20. The zero-order valence-corrected chi connectivity index (χ0v) is 13.4. The van der Waals surface area contributed by atoms with Gasteiger partial charge in [0.25, 0.3) is 0 Å². The summed E-state index contributed by atoms with van der Waals surface area (Å²) >= 11 is 1.35. The van der Waals surface area contributed by atoms with Gasteiger partial charge in [0.2, 0.25) is 0 Å². The van der Waals surface area contributed by atoms with E-state index < -0.39 is 12.0 Å². The zero-order valence-electron chi connectivity index (χ0n) is 12.6. The van der Waals surface area contributed by atoms with Gasteiger partial charge in [-0.25, -0.2) is 0 Å². The van der Waals surface area contributed by atoms with Crippen LogP contribution in [0.4, 0.5) is 0 Å². The van der Waals surface area contributed by atoms with Gasteiger partial charge in [0.1, 0.15) is 12.0 Å². The van der Waals surface area contributed by atoms with Crippen molar-refractivity contribution in [2.75, 3.05) is 0 Å². The molecule has 0 saturated carbocycles. The molecule has 3 nitrogen and oxygen atoms in total. The SMILES string of the molecule is Cc1cccc(C(O)C(C#N)C(=O)c2cc3ccccc3s2)c1. The van der Waals surface area contributed by atoms with Crippen molar-refractivity contribution < 1.29 is 9.90 Å². The molecule has 4 heteroatoms. The van der Waals surface area contributed by atoms with Gasteiger partial charge in [-0.2, -0.15) is 5.26 Å². The number of aliphatic hydroxyl groups excluding tert-OH is 1. The number of nitrogens with zero attached hydrogens (tertiary/aromatic N) is 1. The number of aliphatic hydroxyl groups is 1. The number of ketones is 1. The van der Waals surface area contributed by atoms with Gasteiger partial charge >= 0.3 is 0 Å². The van der Waals surface area contributed by atoms with E-state index in [1.165, 1.54) is 11.3 Å². The van der Waals surface area contributed by atoms with E-state index >= 15 is 0 Å². The largest absolute Gasteiger partial charge is 0.387 e. The average molecular weight is 321 g/mol. The molecule has 1 aromatic heterocycles. The van der Waals surface area contributed by atoms with Crippen molar-refractivity contribution >= 4 is 27.2 Å². The number of hydrogen-bond donors (Lipinski definition) is 1. The lowest BCUT2D eigenvalue weighted by molar-refractivity contribution is 0.0780. The fraction of sp³-hybridized carbons (Fsp3) is 0.158. The number of carbonyl (C=O) groups is 1. The van der Waals surface area contributed by atoms with Gasteiger partial charge in [-0.3, -0.25) is 4.79 Å². The standard InChI is InChI=1S/C19H15NO2S/c1-12-5-4-7-14(9-12)18(21)15(11-20)19(22)17-10-13-6-2-3-8-16(13)23-17/h2-10,15,18,21H,1H3. The number of aryl methyl sites for hydroxylation is 1. The monoisotopic (exact) mass is 321 g/mol. The summed E-state index contributed by atoms with van der Waals surface area (Å²) in [5, 5.41) is 20.9. The van der Waals surface area contributed by atoms with Crippen LogP contribution >= 0.6 is 11.3 Å². The molecular formula is C19H15NO2S. The van der Waals surface area contributed by atoms with Crippen LogP contribution in [-0.4, -0.2) is 10.9 Å². The highest BCUT2D eigenvalue weighted by atomic mass is 32.1. The molecule has 2 atom stereocenters. The second-order valence-electron chi connectivity index (χ2n) is 5.48. The smallest absolute Gasteiger partial charge is 0.192 e. The van der Waals surface area contributed by atoms with Crippen molar-refractivity contribution in [2.45, 2.75) is 13.0 Å². The molecule has 2 aromatic carbocycles. The number of carbonyl (C=O) groups excluding carboxylic acids is 1. The molecule has 1 N–H and O–H groups in total. The lowest BCUT2D eigenvalue weighted by Gasteiger charge is -2.15. The number of nitriles is 1. The van der Waals surface area contributed by atoms with Gasteiger partial charge in [-0.1, -0.05) is 48.0 Å². The van der Waals surface area contributed by atoms with Crippen LogP contribution in [0.2, 0.25) is 0 Å². The van der Waals surface area contributed by atoms with Crippen LogP contribution in [0.3, 0.4) is 0 Å². The number of benzene rings is 2. The summed E-state index contributed by atoms with van der Waals surface area (Å²) in [7, 11) is 0. The van der Waals surface area contributed by atoms with Crippen LogP contribution in [0.5, 0.6) is 0 Å². The van der Waals surface area contributed by atoms with Crippen molar-refractivity contribution in [3.05, 3.63) is 70.6 Å². The highest BCUT2D eigenvalue weighted by Gasteiger charge is 2.30. The summed E-state index contributed by atoms with van der Waals surface area (Å²) in [6.07, 6.45) is -1.13. The normalized spacial score (nSPS) is 13.4. The van der Waals surface area contributed by atoms with Crippen molar-refractivity contribution in [1.29, 1.82) is 5.26 Å². The Morgan fingerprint density at radius 2 is 1.96 bits per heavy atom. The Morgan fingerprint density at radius 1 is 1.17 bits per heavy atom. The first-order valence-corrected chi connectivity index (χ1v) is 8.09. The topological polar surface area (TPSA) is 61.1 Å². The summed E-state index contributed by atoms with van der Waals surface area (Å²) in [6.45, 7) is 1.91. The minimum Gasteiger partial charge on any atom is -0.387 e. The minimum absolute atomic E-state index is 0.331. The van der Waals surface area contributed by atoms with E-state index in [1.807, 2.05) is 49.4 Å². The molecule has 0 aliphatic carbocycles. The van der Waals surface area contributed by atoms with Crippen molar-refractivity contribution in [1.82, 2.24) is 0 Å². The van der Waals surface area contributed by atoms with Gasteiger partial charge in [0, 0.05) is 4.70 Å². The molecule has 0 saturated heterocycles. The molecule has 0 aliphatic rings. The van der Waals surface area contributed by atoms with Gasteiger partial charge in [0.15, 0.2) is 5.78 Å². The van der Waals surface area contributed by atoms with Gasteiger partial charge in [-0.05, 0) is 30.0 Å². The molecule has 0 bridgehead atoms. The highest BCUT2D eigenvalue weighted by Crippen LogP contribution is 2.31. The molecule has 23 heavy (non-hydrogen) atoms. The molecule has 0 spiro atoms. The predicted octanol–water partition coefficient (Wildman–Crippen LogP) is 4.27. The maximum Gasteiger partial charge on any atom is 0.192 e. The Balaban J connectivity index is 1.93. The molecule has 2 unspecified atom stereocenters. The Kier molecular flexibility index (Phi) is 4.24. The predicted molar refractivity (Wildman–Crippen MR) is 91.4 cm³/mol. The van der Waals surface area contributed by atoms with E-state index in [0.29, 0.717) is 10.4 Å². The molecule has 3 aromatic rings. The van der Waals surface area contributed by atoms with Crippen LogP contribution < -0.4 is 0 Å². The highest BCUT2D eigenvalue weighted by molar-refractivity contribution is 7.20. The second kappa shape index (κ2) is 6.33. The molecule has 3 rings (SSSR count). The maximum absolute atomic E-state index is 12.7. The van der Waals surface area contributed by atoms with Crippen molar-refractivity contribution in [3.8, 4) is 6.07 Å². The average Bonchev–Trinajstić information content (AvgIpc) is 2.99. The summed E-state index contributed by atoms with van der Waals surface area (Å²) in [5.74, 6) is -1.44. The van der Waals surface area contributed by atoms with Gasteiger partial charge in [-0.15, -0.1) is 11.3 Å². The number of rotatable bonds is 4. The van der Waals surface area contributed by atoms with E-state index in [4.69, 9.17) is 0 Å². The van der Waals surface area contributed by atoms with E-state index in [-0.39, 0.29) is 5.78 Å². The fourth-order valence-electron chi connectivity index (χ4n) is 2.58. The summed E-state index contributed by atoms with van der Waals surface area (Å²) < 4.78 is 0.998. The maximum atomic E-state index is 12.7. The third-order valence-electron chi connectivity index (χ3n) is 3.79. The van der Waals surface area contributed by atoms with Crippen molar-refractivity contribution in [2.24, 2.45) is 5.92 Å². The van der Waals surface area contributed by atoms with Gasteiger partial charge in [0.05, 0.1) is 10.9 Å². The van der Waals surface area contributed by atoms with Crippen LogP contribution in [-0.2, 0) is 0 Å². The molecule has 0 radical (unpaired) electrons. The van der Waals surface area contributed by atoms with Crippen LogP contribution in [0, 0.1) is 24.2 Å². The van der Waals surface area contributed by atoms with Gasteiger partial charge < -0.3 is 5.11 Å². The van der Waals surface area contributed by atoms with E-state index in [0.717, 1.165) is 15.6 Å². The Labute approximate surface area is 138 Å². The Morgan fingerprint density at radius 3 is 2.65 bits per heavy atom. The number of hydrogen-bond acceptors (Lipinski definition) is 4. The van der Waals surface area contributed by atoms with E-state index in [2.05, 4.69) is 0 Å². The molecular weight excluding hydrogens is 306 g/mol. The summed E-state index contributed by atoms with van der Waals surface area (Å²) in [4.78, 5) is 13.2. The van der Waals surface area contributed by atoms with E-state index in [9.17, 15) is 15.2 Å². The molecule has 1 heterocycles. The molecule has 114 valence electrons. The quantitative estimate of drug-likeness (QED) is 0.730. The number of fused-ring (bicyclic) bond motifs is 1. The summed E-state index contributed by atoms with van der Waals surface area (Å²) in [5.41, 5.74) is 1.57. The molecule has 0 amide bonds. The van der Waals surface area contributed by atoms with Crippen molar-refractivity contribution in [3.63, 3.8) is 0 Å². The lowest BCUT2D eigenvalue weighted by atomic mass is 9.91. The minimum atomic E-state index is -1.13. The first-order valence-electron chi connectivity index (χ1n) is 7.27. The zero-order chi connectivity index (χ0) is 16.4.